The molecule has 0 unspecified atom stereocenters. The lowest BCUT2D eigenvalue weighted by molar-refractivity contribution is 0.0339. The molecule has 1 aromatic heterocycles. The average molecular weight is 224 g/mol. The van der Waals surface area contributed by atoms with Gasteiger partial charge in [-0.2, -0.15) is 5.10 Å². The minimum Gasteiger partial charge on any atom is -0.378 e. The Bertz CT molecular complexity index is 331. The van der Waals surface area contributed by atoms with Crippen LogP contribution in [-0.2, 0) is 18.2 Å². The lowest BCUT2D eigenvalue weighted by Crippen LogP contribution is -2.32. The summed E-state index contributed by atoms with van der Waals surface area (Å²) in [5.41, 5.74) is 0. The van der Waals surface area contributed by atoms with E-state index in [1.54, 1.807) is 0 Å². The molecule has 1 aromatic rings. The van der Waals surface area contributed by atoms with Crippen LogP contribution in [0.3, 0.4) is 0 Å². The number of ether oxygens (including phenoxy) is 1. The Labute approximate surface area is 96.2 Å². The van der Waals surface area contributed by atoms with E-state index in [2.05, 4.69) is 15.4 Å². The second kappa shape index (κ2) is 5.41. The fourth-order valence-electron chi connectivity index (χ4n) is 2.05. The Morgan fingerprint density at radius 3 is 2.81 bits per heavy atom. The van der Waals surface area contributed by atoms with E-state index in [4.69, 9.17) is 4.74 Å². The van der Waals surface area contributed by atoms with Crippen molar-refractivity contribution in [3.8, 4) is 0 Å². The monoisotopic (exact) mass is 224 g/mol. The Morgan fingerprint density at radius 1 is 1.44 bits per heavy atom. The third-order valence-corrected chi connectivity index (χ3v) is 2.92. The minimum atomic E-state index is 0.426. The summed E-state index contributed by atoms with van der Waals surface area (Å²) < 4.78 is 7.66. The van der Waals surface area contributed by atoms with E-state index >= 15 is 0 Å². The minimum absolute atomic E-state index is 0.426. The molecule has 1 aliphatic heterocycles. The van der Waals surface area contributed by atoms with Gasteiger partial charge in [0.2, 0.25) is 0 Å². The summed E-state index contributed by atoms with van der Waals surface area (Å²) in [5, 5.41) is 7.55. The molecule has 0 bridgehead atoms. The molecule has 16 heavy (non-hydrogen) atoms. The van der Waals surface area contributed by atoms with E-state index in [1.165, 1.54) is 0 Å². The average Bonchev–Trinajstić information content (AvgIpc) is 2.59. The number of aromatic nitrogens is 3. The molecule has 0 saturated carbocycles. The number of nitrogens with zero attached hydrogens (tertiary/aromatic N) is 3. The van der Waals surface area contributed by atoms with Crippen molar-refractivity contribution in [2.75, 3.05) is 19.7 Å². The Kier molecular flexibility index (Phi) is 3.90. The Hall–Kier alpha value is -0.940. The van der Waals surface area contributed by atoms with E-state index < -0.39 is 0 Å². The molecule has 1 saturated heterocycles. The van der Waals surface area contributed by atoms with Gasteiger partial charge in [0, 0.05) is 13.5 Å². The van der Waals surface area contributed by atoms with E-state index in [9.17, 15) is 0 Å². The van der Waals surface area contributed by atoms with Gasteiger partial charge in [-0.05, 0) is 32.9 Å². The fraction of sp³-hybridized carbons (Fsp3) is 0.818. The van der Waals surface area contributed by atoms with E-state index in [0.717, 1.165) is 50.6 Å². The summed E-state index contributed by atoms with van der Waals surface area (Å²) in [4.78, 5) is 4.35. The number of hydrogen-bond donors (Lipinski definition) is 1. The molecule has 0 atom stereocenters. The topological polar surface area (TPSA) is 52.0 Å². The van der Waals surface area contributed by atoms with Gasteiger partial charge in [-0.3, -0.25) is 4.68 Å². The molecular formula is C11H20N4O. The molecule has 5 nitrogen and oxygen atoms in total. The van der Waals surface area contributed by atoms with Gasteiger partial charge >= 0.3 is 0 Å². The SMILES string of the molecule is Cc1nc(CCOC2CCNCC2)n(C)n1. The molecule has 1 fully saturated rings. The van der Waals surface area contributed by atoms with Crippen LogP contribution in [0.15, 0.2) is 0 Å². The molecule has 0 aliphatic carbocycles. The van der Waals surface area contributed by atoms with Crippen molar-refractivity contribution in [3.05, 3.63) is 11.6 Å². The molecular weight excluding hydrogens is 204 g/mol. The number of rotatable bonds is 4. The third kappa shape index (κ3) is 3.02. The van der Waals surface area contributed by atoms with Gasteiger partial charge in [0.1, 0.15) is 11.6 Å². The van der Waals surface area contributed by atoms with Crippen molar-refractivity contribution < 1.29 is 4.74 Å². The van der Waals surface area contributed by atoms with Crippen molar-refractivity contribution in [1.82, 2.24) is 20.1 Å². The highest BCUT2D eigenvalue weighted by Gasteiger charge is 2.13. The normalized spacial score (nSPS) is 17.9. The van der Waals surface area contributed by atoms with Gasteiger partial charge in [-0.15, -0.1) is 0 Å². The Balaban J connectivity index is 1.73. The van der Waals surface area contributed by atoms with Gasteiger partial charge < -0.3 is 10.1 Å². The smallest absolute Gasteiger partial charge is 0.147 e. The second-order valence-corrected chi connectivity index (χ2v) is 4.27. The van der Waals surface area contributed by atoms with Crippen molar-refractivity contribution in [2.45, 2.75) is 32.3 Å². The summed E-state index contributed by atoms with van der Waals surface area (Å²) >= 11 is 0. The van der Waals surface area contributed by atoms with Crippen LogP contribution in [-0.4, -0.2) is 40.6 Å². The molecule has 0 spiro atoms. The first-order valence-corrected chi connectivity index (χ1v) is 5.94. The number of nitrogens with one attached hydrogen (secondary N) is 1. The van der Waals surface area contributed by atoms with E-state index in [0.29, 0.717) is 6.10 Å². The first-order valence-electron chi connectivity index (χ1n) is 5.94. The zero-order chi connectivity index (χ0) is 11.4. The quantitative estimate of drug-likeness (QED) is 0.806. The largest absolute Gasteiger partial charge is 0.378 e. The fourth-order valence-corrected chi connectivity index (χ4v) is 2.05. The molecule has 1 aliphatic rings. The molecule has 2 heterocycles. The summed E-state index contributed by atoms with van der Waals surface area (Å²) in [5.74, 6) is 1.84. The van der Waals surface area contributed by atoms with Crippen molar-refractivity contribution in [2.24, 2.45) is 7.05 Å². The highest BCUT2D eigenvalue weighted by Crippen LogP contribution is 2.07. The lowest BCUT2D eigenvalue weighted by Gasteiger charge is -2.22. The summed E-state index contributed by atoms with van der Waals surface area (Å²) in [6, 6.07) is 0. The van der Waals surface area contributed by atoms with Crippen molar-refractivity contribution >= 4 is 0 Å². The van der Waals surface area contributed by atoms with Crippen LogP contribution in [0.25, 0.3) is 0 Å². The molecule has 5 heteroatoms. The van der Waals surface area contributed by atoms with E-state index in [1.807, 2.05) is 18.7 Å². The second-order valence-electron chi connectivity index (χ2n) is 4.27. The predicted octanol–water partition coefficient (Wildman–Crippen LogP) is 0.435. The predicted molar refractivity (Wildman–Crippen MR) is 61.3 cm³/mol. The summed E-state index contributed by atoms with van der Waals surface area (Å²) in [7, 11) is 1.93. The number of piperidine rings is 1. The van der Waals surface area contributed by atoms with Crippen molar-refractivity contribution in [3.63, 3.8) is 0 Å². The third-order valence-electron chi connectivity index (χ3n) is 2.92. The van der Waals surface area contributed by atoms with Gasteiger partial charge in [0.25, 0.3) is 0 Å². The van der Waals surface area contributed by atoms with Crippen LogP contribution in [0.5, 0.6) is 0 Å². The maximum atomic E-state index is 5.83. The summed E-state index contributed by atoms with van der Waals surface area (Å²) in [6.45, 7) is 4.81. The standard InChI is InChI=1S/C11H20N4O/c1-9-13-11(15(2)14-9)5-8-16-10-3-6-12-7-4-10/h10,12H,3-8H2,1-2H3. The highest BCUT2D eigenvalue weighted by molar-refractivity contribution is 4.90. The maximum Gasteiger partial charge on any atom is 0.147 e. The molecule has 1 N–H and O–H groups in total. The first-order chi connectivity index (χ1) is 7.75. The van der Waals surface area contributed by atoms with Gasteiger partial charge in [0.05, 0.1) is 12.7 Å². The van der Waals surface area contributed by atoms with Crippen LogP contribution < -0.4 is 5.32 Å². The van der Waals surface area contributed by atoms with Gasteiger partial charge in [0.15, 0.2) is 0 Å². The van der Waals surface area contributed by atoms with E-state index in [-0.39, 0.29) is 0 Å². The highest BCUT2D eigenvalue weighted by atomic mass is 16.5. The van der Waals surface area contributed by atoms with Crippen LogP contribution in [0.1, 0.15) is 24.5 Å². The molecule has 0 aromatic carbocycles. The van der Waals surface area contributed by atoms with Gasteiger partial charge in [-0.25, -0.2) is 4.98 Å². The van der Waals surface area contributed by atoms with Gasteiger partial charge in [-0.1, -0.05) is 0 Å². The van der Waals surface area contributed by atoms with Crippen LogP contribution >= 0.6 is 0 Å². The van der Waals surface area contributed by atoms with Crippen molar-refractivity contribution in [1.29, 1.82) is 0 Å². The molecule has 2 rings (SSSR count). The maximum absolute atomic E-state index is 5.83. The number of hydrogen-bond acceptors (Lipinski definition) is 4. The van der Waals surface area contributed by atoms with Crippen LogP contribution in [0.4, 0.5) is 0 Å². The van der Waals surface area contributed by atoms with Crippen LogP contribution in [0.2, 0.25) is 0 Å². The zero-order valence-corrected chi connectivity index (χ0v) is 10.1. The summed E-state index contributed by atoms with van der Waals surface area (Å²) in [6.07, 6.45) is 3.52. The van der Waals surface area contributed by atoms with Crippen LogP contribution in [0, 0.1) is 6.92 Å². The molecule has 0 amide bonds. The first kappa shape index (κ1) is 11.5. The lowest BCUT2D eigenvalue weighted by atomic mass is 10.1. The Morgan fingerprint density at radius 2 is 2.19 bits per heavy atom. The number of aryl methyl sites for hydroxylation is 2. The molecule has 0 radical (unpaired) electrons. The molecule has 90 valence electrons. The zero-order valence-electron chi connectivity index (χ0n) is 10.1.